The Balaban J connectivity index is 1.81. The third-order valence-corrected chi connectivity index (χ3v) is 3.67. The monoisotopic (exact) mass is 321 g/mol. The van der Waals surface area contributed by atoms with Crippen molar-refractivity contribution in [1.82, 2.24) is 15.5 Å². The lowest BCUT2D eigenvalue weighted by Crippen LogP contribution is -2.27. The average Bonchev–Trinajstić information content (AvgIpc) is 2.87. The van der Waals surface area contributed by atoms with Crippen molar-refractivity contribution in [1.29, 1.82) is 0 Å². The van der Waals surface area contributed by atoms with Crippen LogP contribution in [0.3, 0.4) is 0 Å². The number of benzene rings is 1. The number of aryl methyl sites for hydroxylation is 1. The molecule has 1 unspecified atom stereocenters. The lowest BCUT2D eigenvalue weighted by atomic mass is 10.1. The van der Waals surface area contributed by atoms with Gasteiger partial charge in [0.25, 0.3) is 0 Å². The fourth-order valence-electron chi connectivity index (χ4n) is 2.01. The Bertz CT molecular complexity index is 504. The predicted molar refractivity (Wildman–Crippen MR) is 82.1 cm³/mol. The van der Waals surface area contributed by atoms with Crippen LogP contribution in [0, 0.1) is 0 Å². The summed E-state index contributed by atoms with van der Waals surface area (Å²) in [5, 5.41) is 10.8. The molecule has 2 aromatic rings. The number of nitrogens with one attached hydrogen (secondary N) is 2. The van der Waals surface area contributed by atoms with Crippen LogP contribution >= 0.6 is 15.9 Å². The van der Waals surface area contributed by atoms with E-state index in [0.717, 1.165) is 35.2 Å². The fourth-order valence-corrected chi connectivity index (χ4v) is 2.28. The quantitative estimate of drug-likeness (QED) is 0.855. The van der Waals surface area contributed by atoms with Crippen LogP contribution in [0.1, 0.15) is 30.8 Å². The van der Waals surface area contributed by atoms with Gasteiger partial charge in [-0.1, -0.05) is 35.0 Å². The first-order valence-corrected chi connectivity index (χ1v) is 7.47. The minimum atomic E-state index is 0.439. The molecule has 0 bridgehead atoms. The molecule has 0 spiro atoms. The summed E-state index contributed by atoms with van der Waals surface area (Å²) < 4.78 is 1.13. The average molecular weight is 322 g/mol. The van der Waals surface area contributed by atoms with E-state index in [9.17, 15) is 0 Å². The second-order valence-corrected chi connectivity index (χ2v) is 5.77. The standard InChI is InChI=1S/C15H20BrN3/c1-3-14-9-15(19-18-14)10-17-11(2)8-12-4-6-13(16)7-5-12/h4-7,9,11,17H,3,8,10H2,1-2H3,(H,18,19). The lowest BCUT2D eigenvalue weighted by molar-refractivity contribution is 0.539. The highest BCUT2D eigenvalue weighted by atomic mass is 79.9. The first-order chi connectivity index (χ1) is 9.17. The van der Waals surface area contributed by atoms with Gasteiger partial charge in [0.2, 0.25) is 0 Å². The number of nitrogens with zero attached hydrogens (tertiary/aromatic N) is 1. The second kappa shape index (κ2) is 6.87. The molecule has 0 fully saturated rings. The molecule has 19 heavy (non-hydrogen) atoms. The van der Waals surface area contributed by atoms with Crippen molar-refractivity contribution in [3.05, 3.63) is 51.8 Å². The number of aromatic amines is 1. The van der Waals surface area contributed by atoms with Gasteiger partial charge >= 0.3 is 0 Å². The Labute approximate surface area is 122 Å². The molecule has 0 amide bonds. The zero-order chi connectivity index (χ0) is 13.7. The number of hydrogen-bond acceptors (Lipinski definition) is 2. The maximum absolute atomic E-state index is 4.24. The van der Waals surface area contributed by atoms with Gasteiger partial charge in [-0.3, -0.25) is 5.10 Å². The van der Waals surface area contributed by atoms with Crippen LogP contribution in [0.25, 0.3) is 0 Å². The van der Waals surface area contributed by atoms with Crippen molar-refractivity contribution in [3.8, 4) is 0 Å². The van der Waals surface area contributed by atoms with Crippen molar-refractivity contribution in [2.75, 3.05) is 0 Å². The largest absolute Gasteiger partial charge is 0.308 e. The van der Waals surface area contributed by atoms with E-state index in [-0.39, 0.29) is 0 Å². The van der Waals surface area contributed by atoms with Crippen LogP contribution in [-0.4, -0.2) is 16.2 Å². The van der Waals surface area contributed by atoms with Crippen molar-refractivity contribution in [2.24, 2.45) is 0 Å². The Morgan fingerprint density at radius 1 is 1.32 bits per heavy atom. The first-order valence-electron chi connectivity index (χ1n) is 6.68. The zero-order valence-electron chi connectivity index (χ0n) is 11.4. The molecule has 2 rings (SSSR count). The number of H-pyrrole nitrogens is 1. The Morgan fingerprint density at radius 3 is 2.68 bits per heavy atom. The van der Waals surface area contributed by atoms with Gasteiger partial charge in [-0.25, -0.2) is 0 Å². The van der Waals surface area contributed by atoms with E-state index in [1.165, 1.54) is 5.56 Å². The summed E-state index contributed by atoms with van der Waals surface area (Å²) in [4.78, 5) is 0. The van der Waals surface area contributed by atoms with Gasteiger partial charge in [0, 0.05) is 22.8 Å². The van der Waals surface area contributed by atoms with E-state index < -0.39 is 0 Å². The summed E-state index contributed by atoms with van der Waals surface area (Å²) in [6.07, 6.45) is 2.01. The van der Waals surface area contributed by atoms with Gasteiger partial charge in [-0.15, -0.1) is 0 Å². The molecule has 0 radical (unpaired) electrons. The van der Waals surface area contributed by atoms with E-state index >= 15 is 0 Å². The zero-order valence-corrected chi connectivity index (χ0v) is 13.0. The molecule has 3 nitrogen and oxygen atoms in total. The van der Waals surface area contributed by atoms with Crippen LogP contribution < -0.4 is 5.32 Å². The van der Waals surface area contributed by atoms with Gasteiger partial charge in [0.1, 0.15) is 0 Å². The van der Waals surface area contributed by atoms with E-state index in [4.69, 9.17) is 0 Å². The summed E-state index contributed by atoms with van der Waals surface area (Å²) in [7, 11) is 0. The van der Waals surface area contributed by atoms with E-state index in [1.54, 1.807) is 0 Å². The van der Waals surface area contributed by atoms with Crippen molar-refractivity contribution in [2.45, 2.75) is 39.3 Å². The second-order valence-electron chi connectivity index (χ2n) is 4.85. The molecule has 102 valence electrons. The molecular weight excluding hydrogens is 302 g/mol. The fraction of sp³-hybridized carbons (Fsp3) is 0.400. The number of hydrogen-bond donors (Lipinski definition) is 2. The van der Waals surface area contributed by atoms with Crippen molar-refractivity contribution >= 4 is 15.9 Å². The summed E-state index contributed by atoms with van der Waals surface area (Å²) in [5.74, 6) is 0. The molecule has 2 N–H and O–H groups in total. The molecule has 1 atom stereocenters. The third kappa shape index (κ3) is 4.48. The van der Waals surface area contributed by atoms with Crippen LogP contribution in [-0.2, 0) is 19.4 Å². The van der Waals surface area contributed by atoms with Crippen LogP contribution in [0.5, 0.6) is 0 Å². The smallest absolute Gasteiger partial charge is 0.0622 e. The highest BCUT2D eigenvalue weighted by Gasteiger charge is 2.05. The number of aromatic nitrogens is 2. The summed E-state index contributed by atoms with van der Waals surface area (Å²) in [6, 6.07) is 11.1. The van der Waals surface area contributed by atoms with E-state index in [0.29, 0.717) is 6.04 Å². The molecular formula is C15H20BrN3. The minimum Gasteiger partial charge on any atom is -0.308 e. The molecule has 0 aliphatic heterocycles. The highest BCUT2D eigenvalue weighted by molar-refractivity contribution is 9.10. The summed E-state index contributed by atoms with van der Waals surface area (Å²) in [6.45, 7) is 5.16. The number of rotatable bonds is 6. The molecule has 1 aromatic heterocycles. The van der Waals surface area contributed by atoms with Crippen molar-refractivity contribution < 1.29 is 0 Å². The molecule has 1 heterocycles. The van der Waals surface area contributed by atoms with E-state index in [1.807, 2.05) is 0 Å². The molecule has 0 aliphatic carbocycles. The number of halogens is 1. The molecule has 0 aliphatic rings. The van der Waals surface area contributed by atoms with Gasteiger partial charge in [-0.05, 0) is 43.5 Å². The SMILES string of the molecule is CCc1cc(CNC(C)Cc2ccc(Br)cc2)[nH]n1. The highest BCUT2D eigenvalue weighted by Crippen LogP contribution is 2.12. The topological polar surface area (TPSA) is 40.7 Å². The Kier molecular flexibility index (Phi) is 5.16. The first kappa shape index (κ1) is 14.3. The maximum Gasteiger partial charge on any atom is 0.0622 e. The molecule has 0 saturated heterocycles. The lowest BCUT2D eigenvalue weighted by Gasteiger charge is -2.13. The van der Waals surface area contributed by atoms with Gasteiger partial charge in [0.05, 0.1) is 5.69 Å². The summed E-state index contributed by atoms with van der Waals surface area (Å²) in [5.41, 5.74) is 3.62. The predicted octanol–water partition coefficient (Wildman–Crippen LogP) is 3.46. The van der Waals surface area contributed by atoms with Crippen LogP contribution in [0.2, 0.25) is 0 Å². The summed E-state index contributed by atoms with van der Waals surface area (Å²) >= 11 is 3.46. The van der Waals surface area contributed by atoms with Gasteiger partial charge in [-0.2, -0.15) is 5.10 Å². The van der Waals surface area contributed by atoms with Crippen molar-refractivity contribution in [3.63, 3.8) is 0 Å². The maximum atomic E-state index is 4.24. The van der Waals surface area contributed by atoms with Gasteiger partial charge < -0.3 is 5.32 Å². The van der Waals surface area contributed by atoms with Gasteiger partial charge in [0.15, 0.2) is 0 Å². The Morgan fingerprint density at radius 2 is 2.05 bits per heavy atom. The van der Waals surface area contributed by atoms with Crippen LogP contribution in [0.15, 0.2) is 34.8 Å². The molecule has 0 saturated carbocycles. The minimum absolute atomic E-state index is 0.439. The molecule has 4 heteroatoms. The Hall–Kier alpha value is -1.13. The normalized spacial score (nSPS) is 12.6. The van der Waals surface area contributed by atoms with E-state index in [2.05, 4.69) is 75.6 Å². The van der Waals surface area contributed by atoms with Crippen LogP contribution in [0.4, 0.5) is 0 Å². The third-order valence-electron chi connectivity index (χ3n) is 3.14. The molecule has 1 aromatic carbocycles.